The molecular formula is C18H19N3O4. The zero-order chi connectivity index (χ0) is 17.4. The minimum absolute atomic E-state index is 0.0614. The number of aliphatic hydroxyl groups excluding tert-OH is 1. The highest BCUT2D eigenvalue weighted by Gasteiger charge is 2.24. The zero-order valence-electron chi connectivity index (χ0n) is 13.9. The maximum atomic E-state index is 12.9. The smallest absolute Gasteiger partial charge is 0.259 e. The van der Waals surface area contributed by atoms with Crippen LogP contribution in [0.5, 0.6) is 0 Å². The van der Waals surface area contributed by atoms with Gasteiger partial charge >= 0.3 is 0 Å². The van der Waals surface area contributed by atoms with Crippen molar-refractivity contribution in [2.75, 3.05) is 0 Å². The van der Waals surface area contributed by atoms with Gasteiger partial charge in [-0.15, -0.1) is 0 Å². The quantitative estimate of drug-likeness (QED) is 0.759. The molecule has 25 heavy (non-hydrogen) atoms. The maximum Gasteiger partial charge on any atom is 0.259 e. The summed E-state index contributed by atoms with van der Waals surface area (Å²) < 4.78 is 10.7. The number of hydrogen-bond donors (Lipinski definition) is 2. The van der Waals surface area contributed by atoms with Crippen LogP contribution in [0.1, 0.15) is 41.7 Å². The van der Waals surface area contributed by atoms with Gasteiger partial charge in [0.15, 0.2) is 5.76 Å². The Morgan fingerprint density at radius 3 is 2.84 bits per heavy atom. The molecule has 7 heteroatoms. The lowest BCUT2D eigenvalue weighted by Gasteiger charge is -2.26. The van der Waals surface area contributed by atoms with Crippen LogP contribution < -0.4 is 5.32 Å². The molecule has 0 bridgehead atoms. The van der Waals surface area contributed by atoms with Gasteiger partial charge in [-0.3, -0.25) is 4.79 Å². The number of carbonyl (C=O) groups excluding carboxylic acids is 1. The summed E-state index contributed by atoms with van der Waals surface area (Å²) in [6, 6.07) is 5.31. The van der Waals surface area contributed by atoms with Crippen LogP contribution in [0.15, 0.2) is 33.4 Å². The molecular weight excluding hydrogens is 322 g/mol. The number of amides is 1. The zero-order valence-corrected chi connectivity index (χ0v) is 13.9. The molecule has 3 aromatic heterocycles. The van der Waals surface area contributed by atoms with Crippen molar-refractivity contribution in [2.24, 2.45) is 0 Å². The Morgan fingerprint density at radius 1 is 1.32 bits per heavy atom. The maximum absolute atomic E-state index is 12.9. The van der Waals surface area contributed by atoms with Crippen molar-refractivity contribution >= 4 is 17.0 Å². The van der Waals surface area contributed by atoms with E-state index in [2.05, 4.69) is 15.5 Å². The molecule has 0 radical (unpaired) electrons. The number of fused-ring (bicyclic) bond motifs is 1. The van der Waals surface area contributed by atoms with E-state index in [0.29, 0.717) is 46.7 Å². The van der Waals surface area contributed by atoms with E-state index in [0.717, 1.165) is 12.8 Å². The number of rotatable bonds is 3. The van der Waals surface area contributed by atoms with E-state index in [1.807, 2.05) is 0 Å². The predicted molar refractivity (Wildman–Crippen MR) is 90.0 cm³/mol. The van der Waals surface area contributed by atoms with Crippen LogP contribution in [0.2, 0.25) is 0 Å². The van der Waals surface area contributed by atoms with Crippen molar-refractivity contribution < 1.29 is 18.8 Å². The molecule has 4 rings (SSSR count). The number of nitrogens with one attached hydrogen (secondary N) is 1. The molecule has 1 fully saturated rings. The SMILES string of the molecule is Cc1noc2nc(-c3ccco3)cc(C(=O)NC3CCC(O)CC3)c12. The van der Waals surface area contributed by atoms with Crippen molar-refractivity contribution in [3.63, 3.8) is 0 Å². The molecule has 0 atom stereocenters. The first kappa shape index (κ1) is 15.8. The Labute approximate surface area is 144 Å². The normalized spacial score (nSPS) is 20.7. The lowest BCUT2D eigenvalue weighted by Crippen LogP contribution is -2.38. The van der Waals surface area contributed by atoms with Crippen molar-refractivity contribution in [3.8, 4) is 11.5 Å². The van der Waals surface area contributed by atoms with Gasteiger partial charge in [0.2, 0.25) is 0 Å². The fraction of sp³-hybridized carbons (Fsp3) is 0.389. The van der Waals surface area contributed by atoms with Gasteiger partial charge in [0.1, 0.15) is 5.69 Å². The molecule has 1 saturated carbocycles. The first-order chi connectivity index (χ1) is 12.1. The van der Waals surface area contributed by atoms with E-state index < -0.39 is 0 Å². The summed E-state index contributed by atoms with van der Waals surface area (Å²) in [5, 5.41) is 17.2. The van der Waals surface area contributed by atoms with Gasteiger partial charge in [-0.25, -0.2) is 4.98 Å². The van der Waals surface area contributed by atoms with E-state index in [1.165, 1.54) is 0 Å². The summed E-state index contributed by atoms with van der Waals surface area (Å²) in [5.74, 6) is 0.374. The van der Waals surface area contributed by atoms with E-state index in [4.69, 9.17) is 8.94 Å². The van der Waals surface area contributed by atoms with Crippen molar-refractivity contribution in [1.29, 1.82) is 0 Å². The number of hydrogen-bond acceptors (Lipinski definition) is 6. The molecule has 0 spiro atoms. The third-order valence-corrected chi connectivity index (χ3v) is 4.67. The van der Waals surface area contributed by atoms with E-state index in [1.54, 1.807) is 31.4 Å². The van der Waals surface area contributed by atoms with Crippen molar-refractivity contribution in [1.82, 2.24) is 15.5 Å². The minimum atomic E-state index is -0.258. The number of furan rings is 1. The summed E-state index contributed by atoms with van der Waals surface area (Å²) in [7, 11) is 0. The van der Waals surface area contributed by atoms with Crippen LogP contribution >= 0.6 is 0 Å². The van der Waals surface area contributed by atoms with E-state index >= 15 is 0 Å². The van der Waals surface area contributed by atoms with Gasteiger partial charge in [-0.1, -0.05) is 5.16 Å². The molecule has 7 nitrogen and oxygen atoms in total. The molecule has 0 aromatic carbocycles. The Kier molecular flexibility index (Phi) is 4.01. The number of nitrogens with zero attached hydrogens (tertiary/aromatic N) is 2. The van der Waals surface area contributed by atoms with Crippen LogP contribution in [0.25, 0.3) is 22.6 Å². The monoisotopic (exact) mass is 341 g/mol. The van der Waals surface area contributed by atoms with Crippen LogP contribution in [0, 0.1) is 6.92 Å². The molecule has 2 N–H and O–H groups in total. The first-order valence-electron chi connectivity index (χ1n) is 8.41. The van der Waals surface area contributed by atoms with Gasteiger partial charge in [-0.05, 0) is 50.8 Å². The second-order valence-corrected chi connectivity index (χ2v) is 6.46. The molecule has 1 aliphatic carbocycles. The molecule has 1 aliphatic rings. The van der Waals surface area contributed by atoms with Crippen LogP contribution in [0.3, 0.4) is 0 Å². The number of aryl methyl sites for hydroxylation is 1. The standard InChI is InChI=1S/C18H19N3O4/c1-10-16-13(17(23)19-11-4-6-12(22)7-5-11)9-14(15-3-2-8-24-15)20-18(16)25-21-10/h2-3,8-9,11-12,22H,4-7H2,1H3,(H,19,23). The second kappa shape index (κ2) is 6.33. The minimum Gasteiger partial charge on any atom is -0.463 e. The molecule has 0 aliphatic heterocycles. The number of carbonyl (C=O) groups is 1. The number of aromatic nitrogens is 2. The Balaban J connectivity index is 1.69. The molecule has 0 saturated heterocycles. The number of pyridine rings is 1. The second-order valence-electron chi connectivity index (χ2n) is 6.46. The summed E-state index contributed by atoms with van der Waals surface area (Å²) in [4.78, 5) is 17.3. The first-order valence-corrected chi connectivity index (χ1v) is 8.41. The van der Waals surface area contributed by atoms with Gasteiger partial charge in [0.25, 0.3) is 11.6 Å². The highest BCUT2D eigenvalue weighted by Crippen LogP contribution is 2.28. The van der Waals surface area contributed by atoms with Gasteiger partial charge < -0.3 is 19.4 Å². The highest BCUT2D eigenvalue weighted by molar-refractivity contribution is 6.07. The summed E-state index contributed by atoms with van der Waals surface area (Å²) in [6.07, 6.45) is 4.26. The summed E-state index contributed by atoms with van der Waals surface area (Å²) in [5.41, 5.74) is 1.94. The lowest BCUT2D eigenvalue weighted by molar-refractivity contribution is 0.0869. The van der Waals surface area contributed by atoms with Crippen LogP contribution in [0.4, 0.5) is 0 Å². The molecule has 1 amide bonds. The van der Waals surface area contributed by atoms with Crippen molar-refractivity contribution in [2.45, 2.75) is 44.8 Å². The largest absolute Gasteiger partial charge is 0.463 e. The Morgan fingerprint density at radius 2 is 2.12 bits per heavy atom. The fourth-order valence-corrected chi connectivity index (χ4v) is 3.31. The summed E-state index contributed by atoms with van der Waals surface area (Å²) >= 11 is 0. The third kappa shape index (κ3) is 3.02. The van der Waals surface area contributed by atoms with Gasteiger partial charge in [-0.2, -0.15) is 0 Å². The number of aliphatic hydroxyl groups is 1. The predicted octanol–water partition coefficient (Wildman–Crippen LogP) is 2.82. The molecule has 0 unspecified atom stereocenters. The van der Waals surface area contributed by atoms with E-state index in [9.17, 15) is 9.90 Å². The Hall–Kier alpha value is -2.67. The molecule has 3 aromatic rings. The van der Waals surface area contributed by atoms with Gasteiger partial charge in [0, 0.05) is 6.04 Å². The highest BCUT2D eigenvalue weighted by atomic mass is 16.5. The Bertz CT molecular complexity index is 893. The van der Waals surface area contributed by atoms with Gasteiger partial charge in [0.05, 0.1) is 29.0 Å². The topological polar surface area (TPSA) is 101 Å². The lowest BCUT2D eigenvalue weighted by atomic mass is 9.93. The molecule has 3 heterocycles. The average Bonchev–Trinajstić information content (AvgIpc) is 3.26. The third-order valence-electron chi connectivity index (χ3n) is 4.67. The fourth-order valence-electron chi connectivity index (χ4n) is 3.31. The molecule has 130 valence electrons. The van der Waals surface area contributed by atoms with Crippen LogP contribution in [-0.4, -0.2) is 33.3 Å². The average molecular weight is 341 g/mol. The van der Waals surface area contributed by atoms with Crippen LogP contribution in [-0.2, 0) is 0 Å². The van der Waals surface area contributed by atoms with E-state index in [-0.39, 0.29) is 18.1 Å². The summed E-state index contributed by atoms with van der Waals surface area (Å²) in [6.45, 7) is 1.79. The van der Waals surface area contributed by atoms with Crippen molar-refractivity contribution in [3.05, 3.63) is 35.7 Å².